The van der Waals surface area contributed by atoms with E-state index in [9.17, 15) is 27.9 Å². The Morgan fingerprint density at radius 1 is 1.07 bits per heavy atom. The number of aliphatic hydroxyl groups excluding tert-OH is 1. The molecule has 9 heteroatoms. The summed E-state index contributed by atoms with van der Waals surface area (Å²) >= 11 is 2.12. The molecule has 144 valence electrons. The Hall–Kier alpha value is -2.14. The van der Waals surface area contributed by atoms with Gasteiger partial charge in [-0.3, -0.25) is 9.59 Å². The summed E-state index contributed by atoms with van der Waals surface area (Å²) in [5.41, 5.74) is 5.14. The molecule has 0 saturated carbocycles. The fourth-order valence-electron chi connectivity index (χ4n) is 2.34. The van der Waals surface area contributed by atoms with Crippen molar-refractivity contribution in [2.75, 3.05) is 0 Å². The van der Waals surface area contributed by atoms with Gasteiger partial charge in [-0.25, -0.2) is 0 Å². The van der Waals surface area contributed by atoms with Gasteiger partial charge in [0.25, 0.3) is 5.91 Å². The van der Waals surface area contributed by atoms with E-state index in [4.69, 9.17) is 5.73 Å². The molecule has 0 radical (unpaired) electrons. The highest BCUT2D eigenvalue weighted by Gasteiger charge is 2.31. The van der Waals surface area contributed by atoms with E-state index in [1.54, 1.807) is 12.1 Å². The number of carbonyl (C=O) groups excluding carboxylic acids is 2. The fraction of sp³-hybridized carbons (Fsp3) is 0.222. The van der Waals surface area contributed by atoms with Crippen LogP contribution in [0.2, 0.25) is 0 Å². The van der Waals surface area contributed by atoms with Crippen molar-refractivity contribution in [2.45, 2.75) is 24.7 Å². The Bertz CT molecular complexity index is 808. The molecule has 0 bridgehead atoms. The van der Waals surface area contributed by atoms with E-state index in [0.717, 1.165) is 33.4 Å². The molecule has 2 aromatic carbocycles. The molecule has 0 aliphatic heterocycles. The van der Waals surface area contributed by atoms with Crippen LogP contribution in [0.4, 0.5) is 13.2 Å². The van der Waals surface area contributed by atoms with E-state index >= 15 is 0 Å². The molecular weight excluding hydrogens is 476 g/mol. The minimum absolute atomic E-state index is 0.0296. The van der Waals surface area contributed by atoms with E-state index in [1.165, 1.54) is 0 Å². The average Bonchev–Trinajstić information content (AvgIpc) is 2.61. The van der Waals surface area contributed by atoms with Crippen molar-refractivity contribution in [1.29, 1.82) is 0 Å². The Balaban J connectivity index is 2.07. The summed E-state index contributed by atoms with van der Waals surface area (Å²) in [7, 11) is 0. The second-order valence-corrected chi connectivity index (χ2v) is 7.06. The molecule has 0 aromatic heterocycles. The summed E-state index contributed by atoms with van der Waals surface area (Å²) in [5.74, 6) is -1.72. The van der Waals surface area contributed by atoms with Gasteiger partial charge >= 0.3 is 6.18 Å². The predicted molar refractivity (Wildman–Crippen MR) is 100 cm³/mol. The lowest BCUT2D eigenvalue weighted by Crippen LogP contribution is -2.47. The highest BCUT2D eigenvalue weighted by atomic mass is 127. The van der Waals surface area contributed by atoms with Gasteiger partial charge in [-0.15, -0.1) is 0 Å². The van der Waals surface area contributed by atoms with Crippen LogP contribution < -0.4 is 11.1 Å². The number of hydrogen-bond donors (Lipinski definition) is 3. The lowest BCUT2D eigenvalue weighted by Gasteiger charge is -2.19. The standard InChI is InChI=1S/C18H16F3IN2O3/c19-18(20,21)12-5-3-11(4-6-12)15(25)17(27)24-14(16(23)26)9-10-1-7-13(22)8-2-10/h1-8,14-15,25H,9H2,(H2,23,26)(H,24,27)/t14-,15-/m1/s1. The van der Waals surface area contributed by atoms with Gasteiger partial charge in [-0.2, -0.15) is 13.2 Å². The Morgan fingerprint density at radius 2 is 1.63 bits per heavy atom. The molecule has 2 atom stereocenters. The predicted octanol–water partition coefficient (Wildman–Crippen LogP) is 2.56. The maximum Gasteiger partial charge on any atom is 0.416 e. The third-order valence-corrected chi connectivity index (χ3v) is 4.53. The molecule has 2 rings (SSSR count). The summed E-state index contributed by atoms with van der Waals surface area (Å²) in [4.78, 5) is 23.8. The first kappa shape index (κ1) is 21.2. The van der Waals surface area contributed by atoms with Crippen molar-refractivity contribution in [2.24, 2.45) is 5.73 Å². The molecule has 0 spiro atoms. The van der Waals surface area contributed by atoms with Gasteiger partial charge in [0.1, 0.15) is 6.04 Å². The maximum atomic E-state index is 12.6. The summed E-state index contributed by atoms with van der Waals surface area (Å²) in [5, 5.41) is 12.4. The molecule has 4 N–H and O–H groups in total. The normalized spacial score (nSPS) is 13.7. The Morgan fingerprint density at radius 3 is 2.11 bits per heavy atom. The lowest BCUT2D eigenvalue weighted by molar-refractivity contribution is -0.137. The Labute approximate surface area is 166 Å². The number of benzene rings is 2. The fourth-order valence-corrected chi connectivity index (χ4v) is 2.69. The van der Waals surface area contributed by atoms with E-state index in [-0.39, 0.29) is 12.0 Å². The topological polar surface area (TPSA) is 92.4 Å². The van der Waals surface area contributed by atoms with Gasteiger partial charge in [0, 0.05) is 9.99 Å². The SMILES string of the molecule is NC(=O)[C@@H](Cc1ccc(I)cc1)NC(=O)[C@H](O)c1ccc(C(F)(F)F)cc1. The first-order chi connectivity index (χ1) is 12.6. The number of alkyl halides is 3. The van der Waals surface area contributed by atoms with Crippen LogP contribution in [0.25, 0.3) is 0 Å². The van der Waals surface area contributed by atoms with Gasteiger partial charge < -0.3 is 16.2 Å². The number of amides is 2. The van der Waals surface area contributed by atoms with Gasteiger partial charge in [-0.05, 0) is 58.0 Å². The van der Waals surface area contributed by atoms with Crippen LogP contribution in [0.15, 0.2) is 48.5 Å². The van der Waals surface area contributed by atoms with Gasteiger partial charge in [-0.1, -0.05) is 24.3 Å². The lowest BCUT2D eigenvalue weighted by atomic mass is 10.0. The average molecular weight is 492 g/mol. The molecule has 0 aliphatic carbocycles. The van der Waals surface area contributed by atoms with E-state index < -0.39 is 35.7 Å². The number of primary amides is 1. The highest BCUT2D eigenvalue weighted by Crippen LogP contribution is 2.30. The van der Waals surface area contributed by atoms with Crippen LogP contribution in [0.5, 0.6) is 0 Å². The largest absolute Gasteiger partial charge is 0.416 e. The highest BCUT2D eigenvalue weighted by molar-refractivity contribution is 14.1. The first-order valence-electron chi connectivity index (χ1n) is 7.77. The summed E-state index contributed by atoms with van der Waals surface area (Å²) in [6, 6.07) is 9.68. The van der Waals surface area contributed by atoms with E-state index in [0.29, 0.717) is 0 Å². The van der Waals surface area contributed by atoms with Crippen molar-refractivity contribution in [3.63, 3.8) is 0 Å². The number of nitrogens with one attached hydrogen (secondary N) is 1. The molecule has 27 heavy (non-hydrogen) atoms. The van der Waals surface area contributed by atoms with E-state index in [1.807, 2.05) is 12.1 Å². The first-order valence-corrected chi connectivity index (χ1v) is 8.85. The number of carbonyl (C=O) groups is 2. The number of rotatable bonds is 6. The van der Waals surface area contributed by atoms with Crippen LogP contribution in [0.3, 0.4) is 0 Å². The number of hydrogen-bond acceptors (Lipinski definition) is 3. The second kappa shape index (κ2) is 8.70. The molecule has 0 aliphatic rings. The number of halogens is 4. The van der Waals surface area contributed by atoms with Crippen LogP contribution in [0.1, 0.15) is 22.8 Å². The molecule has 0 saturated heterocycles. The molecule has 0 fully saturated rings. The molecule has 2 amide bonds. The minimum atomic E-state index is -4.52. The van der Waals surface area contributed by atoms with Crippen molar-refractivity contribution in [3.8, 4) is 0 Å². The monoisotopic (exact) mass is 492 g/mol. The van der Waals surface area contributed by atoms with Crippen LogP contribution >= 0.6 is 22.6 Å². The van der Waals surface area contributed by atoms with Crippen molar-refractivity contribution >= 4 is 34.4 Å². The van der Waals surface area contributed by atoms with Gasteiger partial charge in [0.2, 0.25) is 5.91 Å². The van der Waals surface area contributed by atoms with Crippen LogP contribution in [-0.2, 0) is 22.2 Å². The molecular formula is C18H16F3IN2O3. The third-order valence-electron chi connectivity index (χ3n) is 3.82. The minimum Gasteiger partial charge on any atom is -0.378 e. The zero-order valence-electron chi connectivity index (χ0n) is 13.8. The van der Waals surface area contributed by atoms with E-state index in [2.05, 4.69) is 27.9 Å². The van der Waals surface area contributed by atoms with Gasteiger partial charge in [0.05, 0.1) is 5.56 Å². The zero-order chi connectivity index (χ0) is 20.2. The van der Waals surface area contributed by atoms with Crippen molar-refractivity contribution in [1.82, 2.24) is 5.32 Å². The second-order valence-electron chi connectivity index (χ2n) is 5.82. The smallest absolute Gasteiger partial charge is 0.378 e. The van der Waals surface area contributed by atoms with Crippen molar-refractivity contribution in [3.05, 3.63) is 68.8 Å². The zero-order valence-corrected chi connectivity index (χ0v) is 16.0. The third kappa shape index (κ3) is 5.93. The molecule has 5 nitrogen and oxygen atoms in total. The quantitative estimate of drug-likeness (QED) is 0.542. The number of nitrogens with two attached hydrogens (primary N) is 1. The molecule has 0 unspecified atom stereocenters. The molecule has 2 aromatic rings. The van der Waals surface area contributed by atoms with Crippen LogP contribution in [0, 0.1) is 3.57 Å². The maximum absolute atomic E-state index is 12.6. The summed E-state index contributed by atoms with van der Waals surface area (Å²) in [6.45, 7) is 0. The number of aliphatic hydroxyl groups is 1. The van der Waals surface area contributed by atoms with Crippen LogP contribution in [-0.4, -0.2) is 23.0 Å². The Kier molecular flexibility index (Phi) is 6.82. The van der Waals surface area contributed by atoms with Gasteiger partial charge in [0.15, 0.2) is 6.10 Å². The molecule has 0 heterocycles. The van der Waals surface area contributed by atoms with Crippen molar-refractivity contribution < 1.29 is 27.9 Å². The summed E-state index contributed by atoms with van der Waals surface area (Å²) < 4.78 is 38.7. The summed E-state index contributed by atoms with van der Waals surface area (Å²) in [6.07, 6.45) is -6.13.